The van der Waals surface area contributed by atoms with Gasteiger partial charge in [-0.2, -0.15) is 0 Å². The van der Waals surface area contributed by atoms with Crippen LogP contribution in [0.1, 0.15) is 65.2 Å². The molecule has 0 saturated heterocycles. The Kier molecular flexibility index (Phi) is 13.2. The van der Waals surface area contributed by atoms with E-state index in [9.17, 15) is 4.79 Å². The third-order valence-electron chi connectivity index (χ3n) is 2.66. The van der Waals surface area contributed by atoms with Crippen molar-refractivity contribution in [2.75, 3.05) is 6.61 Å². The predicted octanol–water partition coefficient (Wildman–Crippen LogP) is 4.80. The quantitative estimate of drug-likeness (QED) is 0.300. The molecule has 2 nitrogen and oxygen atoms in total. The Hall–Kier alpha value is -1.05. The highest BCUT2D eigenvalue weighted by Gasteiger charge is 1.93. The molecule has 0 spiro atoms. The van der Waals surface area contributed by atoms with E-state index in [1.807, 2.05) is 0 Å². The fraction of sp³-hybridized carbons (Fsp3) is 0.688. The summed E-state index contributed by atoms with van der Waals surface area (Å²) in [5, 5.41) is 0. The van der Waals surface area contributed by atoms with Crippen LogP contribution in [0, 0.1) is 0 Å². The second-order valence-electron chi connectivity index (χ2n) is 4.54. The normalized spacial score (nSPS) is 11.4. The van der Waals surface area contributed by atoms with E-state index in [2.05, 4.69) is 31.2 Å². The van der Waals surface area contributed by atoms with Gasteiger partial charge < -0.3 is 4.74 Å². The van der Waals surface area contributed by atoms with Gasteiger partial charge in [0, 0.05) is 6.92 Å². The molecule has 0 aliphatic rings. The van der Waals surface area contributed by atoms with E-state index >= 15 is 0 Å². The number of carbonyl (C=O) groups is 1. The summed E-state index contributed by atoms with van der Waals surface area (Å²) in [4.78, 5) is 10.5. The van der Waals surface area contributed by atoms with Gasteiger partial charge in [0.15, 0.2) is 0 Å². The largest absolute Gasteiger partial charge is 0.466 e. The molecule has 0 aromatic rings. The Balaban J connectivity index is 3.13. The molecule has 0 amide bonds. The van der Waals surface area contributed by atoms with Crippen LogP contribution in [0.25, 0.3) is 0 Å². The lowest BCUT2D eigenvalue weighted by atomic mass is 10.1. The smallest absolute Gasteiger partial charge is 0.302 e. The molecular formula is C16H28O2. The maximum Gasteiger partial charge on any atom is 0.302 e. The van der Waals surface area contributed by atoms with Gasteiger partial charge in [-0.25, -0.2) is 0 Å². The van der Waals surface area contributed by atoms with Crippen LogP contribution in [0.4, 0.5) is 0 Å². The highest BCUT2D eigenvalue weighted by molar-refractivity contribution is 5.65. The molecule has 0 atom stereocenters. The van der Waals surface area contributed by atoms with Crippen LogP contribution < -0.4 is 0 Å². The Bertz CT molecular complexity index is 241. The molecule has 0 aromatic heterocycles. The maximum atomic E-state index is 10.5. The maximum absolute atomic E-state index is 10.5. The standard InChI is InChI=1S/C16H28O2/c1-3-4-5-6-7-8-9-10-11-12-13-14-15-18-16(2)17/h5-8H,3-4,9-15H2,1-2H3/b6-5+,8-7-. The molecule has 0 heterocycles. The van der Waals surface area contributed by atoms with Crippen LogP contribution >= 0.6 is 0 Å². The molecule has 0 saturated carbocycles. The third-order valence-corrected chi connectivity index (χ3v) is 2.66. The van der Waals surface area contributed by atoms with Crippen LogP contribution in [0.5, 0.6) is 0 Å². The lowest BCUT2D eigenvalue weighted by molar-refractivity contribution is -0.141. The third kappa shape index (κ3) is 14.9. The number of unbranched alkanes of at least 4 members (excludes halogenated alkanes) is 6. The molecule has 2 heteroatoms. The molecule has 104 valence electrons. The summed E-state index contributed by atoms with van der Waals surface area (Å²) in [5.74, 6) is -0.170. The number of esters is 1. The van der Waals surface area contributed by atoms with Crippen LogP contribution in [0.2, 0.25) is 0 Å². The minimum Gasteiger partial charge on any atom is -0.466 e. The van der Waals surface area contributed by atoms with E-state index in [0.29, 0.717) is 6.61 Å². The molecule has 0 radical (unpaired) electrons. The average Bonchev–Trinajstić information content (AvgIpc) is 2.34. The van der Waals surface area contributed by atoms with Crippen molar-refractivity contribution in [2.45, 2.75) is 65.2 Å². The van der Waals surface area contributed by atoms with E-state index < -0.39 is 0 Å². The zero-order valence-corrected chi connectivity index (χ0v) is 12.0. The zero-order valence-electron chi connectivity index (χ0n) is 12.0. The average molecular weight is 252 g/mol. The number of hydrogen-bond acceptors (Lipinski definition) is 2. The van der Waals surface area contributed by atoms with Gasteiger partial charge in [-0.1, -0.05) is 56.9 Å². The van der Waals surface area contributed by atoms with Crippen LogP contribution in [-0.4, -0.2) is 12.6 Å². The van der Waals surface area contributed by atoms with Gasteiger partial charge in [-0.05, 0) is 25.7 Å². The molecular weight excluding hydrogens is 224 g/mol. The molecule has 18 heavy (non-hydrogen) atoms. The predicted molar refractivity (Wildman–Crippen MR) is 77.5 cm³/mol. The van der Waals surface area contributed by atoms with Gasteiger partial charge in [-0.15, -0.1) is 0 Å². The summed E-state index contributed by atoms with van der Waals surface area (Å²) in [5.41, 5.74) is 0. The van der Waals surface area contributed by atoms with E-state index in [0.717, 1.165) is 12.8 Å². The van der Waals surface area contributed by atoms with Crippen molar-refractivity contribution in [1.82, 2.24) is 0 Å². The van der Waals surface area contributed by atoms with Crippen molar-refractivity contribution in [3.63, 3.8) is 0 Å². The van der Waals surface area contributed by atoms with Gasteiger partial charge in [0.2, 0.25) is 0 Å². The molecule has 0 aliphatic heterocycles. The summed E-state index contributed by atoms with van der Waals surface area (Å²) in [6, 6.07) is 0. The lowest BCUT2D eigenvalue weighted by Gasteiger charge is -2.01. The first-order valence-electron chi connectivity index (χ1n) is 7.22. The minimum atomic E-state index is -0.170. The second-order valence-corrected chi connectivity index (χ2v) is 4.54. The Labute approximate surface area is 112 Å². The van der Waals surface area contributed by atoms with Crippen molar-refractivity contribution in [3.05, 3.63) is 24.3 Å². The van der Waals surface area contributed by atoms with Crippen molar-refractivity contribution >= 4 is 5.97 Å². The van der Waals surface area contributed by atoms with E-state index in [-0.39, 0.29) is 5.97 Å². The molecule has 0 aliphatic carbocycles. The van der Waals surface area contributed by atoms with E-state index in [1.165, 1.54) is 45.4 Å². The number of hydrogen-bond donors (Lipinski definition) is 0. The first-order chi connectivity index (χ1) is 8.77. The lowest BCUT2D eigenvalue weighted by Crippen LogP contribution is -1.99. The van der Waals surface area contributed by atoms with Crippen molar-refractivity contribution in [3.8, 4) is 0 Å². The fourth-order valence-electron chi connectivity index (χ4n) is 1.63. The van der Waals surface area contributed by atoms with Gasteiger partial charge in [0.1, 0.15) is 0 Å². The summed E-state index contributed by atoms with van der Waals surface area (Å²) >= 11 is 0. The Morgan fingerprint density at radius 2 is 1.56 bits per heavy atom. The molecule has 0 N–H and O–H groups in total. The van der Waals surface area contributed by atoms with Crippen LogP contribution in [-0.2, 0) is 9.53 Å². The number of ether oxygens (including phenoxy) is 1. The van der Waals surface area contributed by atoms with Crippen LogP contribution in [0.15, 0.2) is 24.3 Å². The van der Waals surface area contributed by atoms with Crippen molar-refractivity contribution < 1.29 is 9.53 Å². The van der Waals surface area contributed by atoms with Gasteiger partial charge >= 0.3 is 5.97 Å². The highest BCUT2D eigenvalue weighted by Crippen LogP contribution is 2.06. The number of rotatable bonds is 11. The second kappa shape index (κ2) is 14.0. The SMILES string of the molecule is CCC/C=C/C=C\CCCCCCCOC(C)=O. The van der Waals surface area contributed by atoms with Crippen LogP contribution in [0.3, 0.4) is 0 Å². The number of allylic oxidation sites excluding steroid dienone is 4. The van der Waals surface area contributed by atoms with Crippen molar-refractivity contribution in [1.29, 1.82) is 0 Å². The summed E-state index contributed by atoms with van der Waals surface area (Å²) in [6.45, 7) is 4.23. The van der Waals surface area contributed by atoms with Crippen molar-refractivity contribution in [2.24, 2.45) is 0 Å². The monoisotopic (exact) mass is 252 g/mol. The molecule has 0 rings (SSSR count). The first-order valence-corrected chi connectivity index (χ1v) is 7.22. The van der Waals surface area contributed by atoms with Gasteiger partial charge in [-0.3, -0.25) is 4.79 Å². The topological polar surface area (TPSA) is 26.3 Å². The zero-order chi connectivity index (χ0) is 13.5. The Morgan fingerprint density at radius 1 is 0.944 bits per heavy atom. The highest BCUT2D eigenvalue weighted by atomic mass is 16.5. The molecule has 0 fully saturated rings. The molecule has 0 bridgehead atoms. The van der Waals surface area contributed by atoms with Gasteiger partial charge in [0.25, 0.3) is 0 Å². The number of carbonyl (C=O) groups excluding carboxylic acids is 1. The first kappa shape index (κ1) is 16.9. The minimum absolute atomic E-state index is 0.170. The van der Waals surface area contributed by atoms with E-state index in [1.54, 1.807) is 0 Å². The van der Waals surface area contributed by atoms with E-state index in [4.69, 9.17) is 4.74 Å². The summed E-state index contributed by atoms with van der Waals surface area (Å²) in [6.07, 6.45) is 18.2. The summed E-state index contributed by atoms with van der Waals surface area (Å²) in [7, 11) is 0. The summed E-state index contributed by atoms with van der Waals surface area (Å²) < 4.78 is 4.88. The molecule has 0 aromatic carbocycles. The molecule has 0 unspecified atom stereocenters. The Morgan fingerprint density at radius 3 is 2.22 bits per heavy atom. The van der Waals surface area contributed by atoms with Gasteiger partial charge in [0.05, 0.1) is 6.61 Å². The fourth-order valence-corrected chi connectivity index (χ4v) is 1.63.